The van der Waals surface area contributed by atoms with E-state index in [1.54, 1.807) is 29.6 Å². The van der Waals surface area contributed by atoms with Crippen molar-refractivity contribution in [3.05, 3.63) is 46.8 Å². The number of nitrogens with one attached hydrogen (secondary N) is 1. The Hall–Kier alpha value is -2.35. The zero-order chi connectivity index (χ0) is 15.5. The average molecular weight is 313 g/mol. The number of nitrogens with two attached hydrogens (primary N) is 1. The first-order valence-corrected chi connectivity index (χ1v) is 6.60. The number of hydrogen-bond donors (Lipinski definition) is 2. The van der Waals surface area contributed by atoms with E-state index in [1.807, 2.05) is 0 Å². The zero-order valence-corrected chi connectivity index (χ0v) is 11.3. The van der Waals surface area contributed by atoms with Crippen LogP contribution in [0.3, 0.4) is 0 Å². The number of carbonyl (C=O) groups is 1. The van der Waals surface area contributed by atoms with Crippen molar-refractivity contribution in [3.8, 4) is 0 Å². The number of anilines is 2. The van der Waals surface area contributed by atoms with E-state index in [4.69, 9.17) is 5.73 Å². The maximum absolute atomic E-state index is 12.4. The predicted octanol–water partition coefficient (Wildman–Crippen LogP) is 3.31. The van der Waals surface area contributed by atoms with E-state index < -0.39 is 12.0 Å². The first-order valence-electron chi connectivity index (χ1n) is 5.72. The Bertz CT molecular complexity index is 666. The van der Waals surface area contributed by atoms with Gasteiger partial charge in [0.15, 0.2) is 0 Å². The molecule has 0 saturated carbocycles. The summed E-state index contributed by atoms with van der Waals surface area (Å²) >= 11 is 1.20. The van der Waals surface area contributed by atoms with Crippen molar-refractivity contribution < 1.29 is 18.0 Å². The molecule has 0 radical (unpaired) electrons. The molecular formula is C13H10F3N3OS. The molecule has 0 atom stereocenters. The highest BCUT2D eigenvalue weighted by atomic mass is 32.1. The largest absolute Gasteiger partial charge is 0.454 e. The van der Waals surface area contributed by atoms with E-state index in [0.717, 1.165) is 0 Å². The number of hydrogen-bond acceptors (Lipinski definition) is 5. The number of ketones is 1. The van der Waals surface area contributed by atoms with E-state index in [0.29, 0.717) is 16.6 Å². The fraction of sp³-hybridized carbons (Fsp3) is 0.0769. The second kappa shape index (κ2) is 5.96. The van der Waals surface area contributed by atoms with E-state index in [2.05, 4.69) is 10.3 Å². The number of pyridine rings is 1. The zero-order valence-electron chi connectivity index (χ0n) is 10.5. The molecule has 2 heterocycles. The monoisotopic (exact) mass is 313 g/mol. The van der Waals surface area contributed by atoms with Gasteiger partial charge >= 0.3 is 6.18 Å². The summed E-state index contributed by atoms with van der Waals surface area (Å²) in [5, 5.41) is 4.41. The summed E-state index contributed by atoms with van der Waals surface area (Å²) in [6.07, 6.45) is -2.96. The van der Waals surface area contributed by atoms with E-state index in [-0.39, 0.29) is 11.5 Å². The minimum absolute atomic E-state index is 0.0204. The minimum atomic E-state index is -4.93. The predicted molar refractivity (Wildman–Crippen MR) is 75.6 cm³/mol. The van der Waals surface area contributed by atoms with Gasteiger partial charge in [0.25, 0.3) is 5.78 Å². The number of nitrogens with zero attached hydrogens (tertiary/aromatic N) is 1. The fourth-order valence-corrected chi connectivity index (χ4v) is 2.18. The molecule has 0 aliphatic heterocycles. The summed E-state index contributed by atoms with van der Waals surface area (Å²) < 4.78 is 37.2. The highest BCUT2D eigenvalue weighted by molar-refractivity contribution is 7.11. The topological polar surface area (TPSA) is 68.0 Å². The second-order valence-corrected chi connectivity index (χ2v) is 4.91. The number of nitrogen functional groups attached to an aromatic ring is 1. The third kappa shape index (κ3) is 3.82. The van der Waals surface area contributed by atoms with Gasteiger partial charge in [0.2, 0.25) is 0 Å². The molecule has 8 heteroatoms. The number of alkyl halides is 3. The molecular weight excluding hydrogens is 303 g/mol. The van der Waals surface area contributed by atoms with E-state index >= 15 is 0 Å². The van der Waals surface area contributed by atoms with E-state index in [9.17, 15) is 18.0 Å². The van der Waals surface area contributed by atoms with Gasteiger partial charge in [-0.25, -0.2) is 4.98 Å². The van der Waals surface area contributed by atoms with Crippen LogP contribution in [0.4, 0.5) is 24.7 Å². The normalized spacial score (nSPS) is 12.2. The Morgan fingerprint density at radius 3 is 2.67 bits per heavy atom. The van der Waals surface area contributed by atoms with Gasteiger partial charge in [0, 0.05) is 12.3 Å². The van der Waals surface area contributed by atoms with Crippen LogP contribution >= 0.6 is 11.3 Å². The Morgan fingerprint density at radius 2 is 2.10 bits per heavy atom. The molecule has 0 aliphatic rings. The van der Waals surface area contributed by atoms with Gasteiger partial charge in [-0.3, -0.25) is 4.79 Å². The number of carbonyl (C=O) groups excluding carboxylic acids is 1. The molecule has 0 fully saturated rings. The quantitative estimate of drug-likeness (QED) is 0.850. The third-order valence-electron chi connectivity index (χ3n) is 2.45. The van der Waals surface area contributed by atoms with Crippen molar-refractivity contribution in [3.63, 3.8) is 0 Å². The molecule has 21 heavy (non-hydrogen) atoms. The van der Waals surface area contributed by atoms with Gasteiger partial charge in [0.05, 0.1) is 16.3 Å². The van der Waals surface area contributed by atoms with Crippen LogP contribution < -0.4 is 11.1 Å². The Kier molecular flexibility index (Phi) is 4.27. The lowest BCUT2D eigenvalue weighted by atomic mass is 10.2. The summed E-state index contributed by atoms with van der Waals surface area (Å²) in [5.41, 5.74) is 5.98. The Labute approximate surface area is 122 Å². The molecule has 4 nitrogen and oxygen atoms in total. The van der Waals surface area contributed by atoms with Crippen LogP contribution in [0.1, 0.15) is 4.88 Å². The second-order valence-electron chi connectivity index (χ2n) is 3.96. The van der Waals surface area contributed by atoms with Crippen LogP contribution in [0.15, 0.2) is 41.9 Å². The van der Waals surface area contributed by atoms with Crippen molar-refractivity contribution in [2.24, 2.45) is 0 Å². The first-order chi connectivity index (χ1) is 9.88. The van der Waals surface area contributed by atoms with Gasteiger partial charge in [0.1, 0.15) is 5.82 Å². The minimum Gasteiger partial charge on any atom is -0.382 e. The highest BCUT2D eigenvalue weighted by Gasteiger charge is 2.37. The van der Waals surface area contributed by atoms with Gasteiger partial charge in [-0.2, -0.15) is 13.2 Å². The molecule has 0 aromatic carbocycles. The molecule has 0 amide bonds. The number of thiophene rings is 1. The lowest BCUT2D eigenvalue weighted by Crippen LogP contribution is -2.21. The molecule has 0 spiro atoms. The van der Waals surface area contributed by atoms with Crippen LogP contribution in [0.2, 0.25) is 0 Å². The van der Waals surface area contributed by atoms with Crippen molar-refractivity contribution in [2.75, 3.05) is 11.1 Å². The lowest BCUT2D eigenvalue weighted by Gasteiger charge is -2.11. The van der Waals surface area contributed by atoms with Crippen molar-refractivity contribution in [1.82, 2.24) is 4.98 Å². The molecule has 3 N–H and O–H groups in total. The van der Waals surface area contributed by atoms with E-state index in [1.165, 1.54) is 17.5 Å². The standard InChI is InChI=1S/C13H10F3N3OS/c14-13(15,16)11(20)7-9(10-4-2-6-21-10)19-8-3-1-5-18-12(8)17/h1-7,19H,(H2,17,18)/b9-7+. The summed E-state index contributed by atoms with van der Waals surface area (Å²) in [4.78, 5) is 15.5. The SMILES string of the molecule is Nc1ncccc1N/C(=C/C(=O)C(F)(F)F)c1cccs1. The summed E-state index contributed by atoms with van der Waals surface area (Å²) in [6.45, 7) is 0. The molecule has 110 valence electrons. The Balaban J connectivity index is 2.37. The third-order valence-corrected chi connectivity index (χ3v) is 3.35. The number of aromatic nitrogens is 1. The molecule has 2 aromatic rings. The van der Waals surface area contributed by atoms with Crippen LogP contribution in [0, 0.1) is 0 Å². The molecule has 0 bridgehead atoms. The van der Waals surface area contributed by atoms with Gasteiger partial charge in [-0.15, -0.1) is 11.3 Å². The van der Waals surface area contributed by atoms with Gasteiger partial charge in [-0.1, -0.05) is 6.07 Å². The average Bonchev–Trinajstić information content (AvgIpc) is 2.93. The Morgan fingerprint density at radius 1 is 1.33 bits per heavy atom. The van der Waals surface area contributed by atoms with Crippen molar-refractivity contribution in [1.29, 1.82) is 0 Å². The molecule has 2 rings (SSSR count). The molecule has 0 unspecified atom stereocenters. The maximum atomic E-state index is 12.4. The summed E-state index contributed by atoms with van der Waals surface area (Å²) in [7, 11) is 0. The van der Waals surface area contributed by atoms with Crippen LogP contribution in [0.25, 0.3) is 5.70 Å². The van der Waals surface area contributed by atoms with Crippen LogP contribution in [0.5, 0.6) is 0 Å². The smallest absolute Gasteiger partial charge is 0.382 e. The summed E-state index contributed by atoms with van der Waals surface area (Å²) in [5.74, 6) is -1.82. The van der Waals surface area contributed by atoms with Crippen LogP contribution in [-0.2, 0) is 4.79 Å². The van der Waals surface area contributed by atoms with Gasteiger partial charge < -0.3 is 11.1 Å². The lowest BCUT2D eigenvalue weighted by molar-refractivity contribution is -0.165. The number of allylic oxidation sites excluding steroid dienone is 1. The van der Waals surface area contributed by atoms with Gasteiger partial charge in [-0.05, 0) is 23.6 Å². The fourth-order valence-electron chi connectivity index (χ4n) is 1.48. The maximum Gasteiger partial charge on any atom is 0.454 e. The number of rotatable bonds is 4. The van der Waals surface area contributed by atoms with Crippen molar-refractivity contribution >= 4 is 34.3 Å². The number of halogens is 3. The highest BCUT2D eigenvalue weighted by Crippen LogP contribution is 2.27. The molecule has 0 saturated heterocycles. The molecule has 2 aromatic heterocycles. The summed E-state index contributed by atoms with van der Waals surface area (Å²) in [6, 6.07) is 6.40. The van der Waals surface area contributed by atoms with Crippen molar-refractivity contribution in [2.45, 2.75) is 6.18 Å². The first kappa shape index (κ1) is 15.0. The molecule has 0 aliphatic carbocycles. The van der Waals surface area contributed by atoms with Crippen LogP contribution in [-0.4, -0.2) is 16.9 Å².